The lowest BCUT2D eigenvalue weighted by Gasteiger charge is -2.16. The Kier molecular flexibility index (Phi) is 6.53. The molecule has 4 heterocycles. The Morgan fingerprint density at radius 3 is 1.75 bits per heavy atom. The zero-order valence-corrected chi connectivity index (χ0v) is 30.0. The maximum absolute atomic E-state index is 6.71. The van der Waals surface area contributed by atoms with Gasteiger partial charge in [-0.3, -0.25) is 0 Å². The van der Waals surface area contributed by atoms with Crippen molar-refractivity contribution in [3.63, 3.8) is 0 Å². The molecule has 12 rings (SSSR count). The molecule has 0 radical (unpaired) electrons. The molecule has 0 atom stereocenters. The quantitative estimate of drug-likeness (QED) is 0.178. The number of nitrogens with zero attached hydrogens (tertiary/aromatic N) is 5. The minimum atomic E-state index is 0.845. The van der Waals surface area contributed by atoms with Gasteiger partial charge in [-0.15, -0.1) is 5.10 Å². The first-order valence-electron chi connectivity index (χ1n) is 18.9. The van der Waals surface area contributed by atoms with Gasteiger partial charge in [-0.2, -0.15) is 0 Å². The van der Waals surface area contributed by atoms with Crippen molar-refractivity contribution in [2.75, 3.05) is 0 Å². The molecule has 56 heavy (non-hydrogen) atoms. The van der Waals surface area contributed by atoms with Gasteiger partial charge in [0.15, 0.2) is 5.58 Å². The summed E-state index contributed by atoms with van der Waals surface area (Å²) in [6.07, 6.45) is 0. The number of furan rings is 1. The zero-order valence-electron chi connectivity index (χ0n) is 30.0. The summed E-state index contributed by atoms with van der Waals surface area (Å²) in [5.74, 6) is 0. The molecule has 0 bridgehead atoms. The molecular formula is C50H31N5O. The number of benzene rings is 8. The third kappa shape index (κ3) is 4.38. The molecule has 0 saturated carbocycles. The summed E-state index contributed by atoms with van der Waals surface area (Å²) >= 11 is 0. The SMILES string of the molecule is c1ccc(-c2nnn(-c3ccc4c(c3)c3ccccc3n4-c3ccccc3-n3c4ccccc4c4ccc5c6ccccc6oc5c43)c2-c2ccccc2)cc1. The van der Waals surface area contributed by atoms with Gasteiger partial charge >= 0.3 is 0 Å². The minimum absolute atomic E-state index is 0.845. The Hall–Kier alpha value is -7.70. The van der Waals surface area contributed by atoms with Crippen molar-refractivity contribution in [3.05, 3.63) is 188 Å². The highest BCUT2D eigenvalue weighted by atomic mass is 16.3. The predicted octanol–water partition coefficient (Wildman–Crippen LogP) is 12.7. The Morgan fingerprint density at radius 1 is 0.411 bits per heavy atom. The molecule has 0 saturated heterocycles. The van der Waals surface area contributed by atoms with Crippen LogP contribution in [0.4, 0.5) is 0 Å². The van der Waals surface area contributed by atoms with Gasteiger partial charge < -0.3 is 13.6 Å². The van der Waals surface area contributed by atoms with Gasteiger partial charge in [-0.1, -0.05) is 139 Å². The van der Waals surface area contributed by atoms with E-state index in [-0.39, 0.29) is 0 Å². The molecular weight excluding hydrogens is 687 g/mol. The second-order valence-electron chi connectivity index (χ2n) is 14.3. The molecule has 4 aromatic heterocycles. The molecule has 0 N–H and O–H groups in total. The van der Waals surface area contributed by atoms with E-state index in [1.165, 1.54) is 5.39 Å². The standard InChI is InChI=1S/C50H31N5O/c1-3-15-32(16-4-1)47-48(33-17-5-2-6-18-33)55(52-51-47)34-27-30-43-40(31-34)36-20-8-10-22-41(36)53(43)44-24-12-13-25-45(44)54-42-23-11-7-19-35(42)38-28-29-39-37-21-9-14-26-46(37)56-50(39)49(38)54/h1-31H. The summed E-state index contributed by atoms with van der Waals surface area (Å²) in [5.41, 5.74) is 13.1. The molecule has 12 aromatic rings. The van der Waals surface area contributed by atoms with E-state index < -0.39 is 0 Å². The number of fused-ring (bicyclic) bond motifs is 10. The average Bonchev–Trinajstić information content (AvgIpc) is 4.04. The number of hydrogen-bond donors (Lipinski definition) is 0. The lowest BCUT2D eigenvalue weighted by molar-refractivity contribution is 0.671. The Bertz CT molecular complexity index is 3480. The predicted molar refractivity (Wildman–Crippen MR) is 228 cm³/mol. The first kappa shape index (κ1) is 30.7. The smallest absolute Gasteiger partial charge is 0.160 e. The first-order valence-corrected chi connectivity index (χ1v) is 18.9. The summed E-state index contributed by atoms with van der Waals surface area (Å²) < 4.78 is 13.5. The molecule has 8 aromatic carbocycles. The first-order chi connectivity index (χ1) is 27.8. The van der Waals surface area contributed by atoms with Gasteiger partial charge in [-0.05, 0) is 54.6 Å². The van der Waals surface area contributed by atoms with Crippen LogP contribution >= 0.6 is 0 Å². The molecule has 0 spiro atoms. The van der Waals surface area contributed by atoms with Gasteiger partial charge in [-0.25, -0.2) is 4.68 Å². The normalized spacial score (nSPS) is 11.9. The van der Waals surface area contributed by atoms with E-state index in [9.17, 15) is 0 Å². The van der Waals surface area contributed by atoms with Crippen molar-refractivity contribution >= 4 is 65.6 Å². The van der Waals surface area contributed by atoms with E-state index in [0.717, 1.165) is 99.7 Å². The highest BCUT2D eigenvalue weighted by molar-refractivity contribution is 6.21. The number of rotatable bonds is 5. The Balaban J connectivity index is 1.12. The van der Waals surface area contributed by atoms with Gasteiger partial charge in [0.05, 0.1) is 39.1 Å². The third-order valence-electron chi connectivity index (χ3n) is 11.2. The van der Waals surface area contributed by atoms with Crippen LogP contribution in [0.25, 0.3) is 105 Å². The van der Waals surface area contributed by atoms with Crippen LogP contribution in [-0.4, -0.2) is 24.1 Å². The minimum Gasteiger partial charge on any atom is -0.454 e. The van der Waals surface area contributed by atoms with E-state index in [1.807, 2.05) is 35.0 Å². The summed E-state index contributed by atoms with van der Waals surface area (Å²) in [6, 6.07) is 66.2. The van der Waals surface area contributed by atoms with Crippen LogP contribution in [0.2, 0.25) is 0 Å². The maximum atomic E-state index is 6.71. The van der Waals surface area contributed by atoms with E-state index in [2.05, 4.69) is 167 Å². The van der Waals surface area contributed by atoms with Crippen molar-refractivity contribution in [2.45, 2.75) is 0 Å². The van der Waals surface area contributed by atoms with Crippen molar-refractivity contribution in [2.24, 2.45) is 0 Å². The number of para-hydroxylation sites is 5. The van der Waals surface area contributed by atoms with Crippen LogP contribution in [0.15, 0.2) is 192 Å². The molecule has 0 aliphatic heterocycles. The van der Waals surface area contributed by atoms with Crippen LogP contribution in [0.1, 0.15) is 0 Å². The second kappa shape index (κ2) is 11.9. The van der Waals surface area contributed by atoms with E-state index in [0.29, 0.717) is 0 Å². The van der Waals surface area contributed by atoms with Crippen molar-refractivity contribution in [1.29, 1.82) is 0 Å². The van der Waals surface area contributed by atoms with E-state index in [4.69, 9.17) is 14.7 Å². The molecule has 0 unspecified atom stereocenters. The molecule has 0 amide bonds. The fourth-order valence-electron chi connectivity index (χ4n) is 8.78. The summed E-state index contributed by atoms with van der Waals surface area (Å²) in [5, 5.41) is 16.4. The summed E-state index contributed by atoms with van der Waals surface area (Å²) in [7, 11) is 0. The van der Waals surface area contributed by atoms with Crippen LogP contribution < -0.4 is 0 Å². The monoisotopic (exact) mass is 717 g/mol. The van der Waals surface area contributed by atoms with E-state index in [1.54, 1.807) is 0 Å². The van der Waals surface area contributed by atoms with Gasteiger partial charge in [0.25, 0.3) is 0 Å². The van der Waals surface area contributed by atoms with Crippen LogP contribution in [-0.2, 0) is 0 Å². The molecule has 6 heteroatoms. The van der Waals surface area contributed by atoms with Gasteiger partial charge in [0, 0.05) is 43.4 Å². The van der Waals surface area contributed by atoms with Crippen molar-refractivity contribution < 1.29 is 4.42 Å². The summed E-state index contributed by atoms with van der Waals surface area (Å²) in [6.45, 7) is 0. The Labute approximate surface area is 320 Å². The van der Waals surface area contributed by atoms with Crippen molar-refractivity contribution in [3.8, 4) is 39.6 Å². The van der Waals surface area contributed by atoms with E-state index >= 15 is 0 Å². The molecule has 6 nitrogen and oxygen atoms in total. The average molecular weight is 718 g/mol. The van der Waals surface area contributed by atoms with Crippen LogP contribution in [0.5, 0.6) is 0 Å². The Morgan fingerprint density at radius 2 is 0.982 bits per heavy atom. The fraction of sp³-hybridized carbons (Fsp3) is 0. The van der Waals surface area contributed by atoms with Gasteiger partial charge in [0.1, 0.15) is 17.0 Å². The highest BCUT2D eigenvalue weighted by Crippen LogP contribution is 2.43. The van der Waals surface area contributed by atoms with Crippen molar-refractivity contribution in [1.82, 2.24) is 24.1 Å². The molecule has 0 aliphatic rings. The van der Waals surface area contributed by atoms with Gasteiger partial charge in [0.2, 0.25) is 0 Å². The third-order valence-corrected chi connectivity index (χ3v) is 11.2. The molecule has 0 aliphatic carbocycles. The lowest BCUT2D eigenvalue weighted by Crippen LogP contribution is -2.03. The molecule has 0 fully saturated rings. The lowest BCUT2D eigenvalue weighted by atomic mass is 10.0. The molecule has 262 valence electrons. The zero-order chi connectivity index (χ0) is 36.7. The largest absolute Gasteiger partial charge is 0.454 e. The van der Waals surface area contributed by atoms with Crippen LogP contribution in [0, 0.1) is 0 Å². The maximum Gasteiger partial charge on any atom is 0.160 e. The fourth-order valence-corrected chi connectivity index (χ4v) is 8.78. The van der Waals surface area contributed by atoms with Crippen LogP contribution in [0.3, 0.4) is 0 Å². The summed E-state index contributed by atoms with van der Waals surface area (Å²) in [4.78, 5) is 0. The second-order valence-corrected chi connectivity index (χ2v) is 14.3. The number of aromatic nitrogens is 5. The number of hydrogen-bond acceptors (Lipinski definition) is 3. The topological polar surface area (TPSA) is 53.7 Å². The highest BCUT2D eigenvalue weighted by Gasteiger charge is 2.23.